The van der Waals surface area contributed by atoms with Crippen molar-refractivity contribution in [2.45, 2.75) is 69.6 Å². The van der Waals surface area contributed by atoms with Gasteiger partial charge in [-0.15, -0.1) is 0 Å². The first-order valence-electron chi connectivity index (χ1n) is 15.9. The van der Waals surface area contributed by atoms with Crippen molar-refractivity contribution in [1.29, 1.82) is 0 Å². The van der Waals surface area contributed by atoms with Crippen LogP contribution in [0.1, 0.15) is 72.2 Å². The number of aliphatic hydroxyl groups is 1. The number of epoxide rings is 1. The van der Waals surface area contributed by atoms with Crippen LogP contribution in [0.25, 0.3) is 0 Å². The molecule has 9 nitrogen and oxygen atoms in total. The van der Waals surface area contributed by atoms with E-state index in [0.717, 1.165) is 36.9 Å². The summed E-state index contributed by atoms with van der Waals surface area (Å²) in [6, 6.07) is 10.2. The van der Waals surface area contributed by atoms with Crippen molar-refractivity contribution in [3.8, 4) is 0 Å². The van der Waals surface area contributed by atoms with Gasteiger partial charge in [-0.05, 0) is 80.3 Å². The molecule has 4 aliphatic rings. The number of hydrogen-bond donors (Lipinski definition) is 3. The Kier molecular flexibility index (Phi) is 8.61. The third kappa shape index (κ3) is 5.47. The Hall–Kier alpha value is -3.92. The maximum Gasteiger partial charge on any atom is 0.350 e. The Labute approximate surface area is 263 Å². The molecule has 1 aromatic carbocycles. The molecule has 0 saturated carbocycles. The second kappa shape index (κ2) is 12.5. The van der Waals surface area contributed by atoms with E-state index in [2.05, 4.69) is 28.5 Å². The molecule has 1 aliphatic heterocycles. The SMILES string of the molecule is CCNC1C=C2C=CCCC2CC1COC(=O)C12OC1(CC(CO)=C(C)CCc1ccnc(N)c1)C(=O)c1ccccc1C2=O. The van der Waals surface area contributed by atoms with Crippen LogP contribution >= 0.6 is 0 Å². The number of benzene rings is 1. The van der Waals surface area contributed by atoms with E-state index in [0.29, 0.717) is 30.2 Å². The van der Waals surface area contributed by atoms with Crippen molar-refractivity contribution in [1.82, 2.24) is 10.3 Å². The Bertz CT molecular complexity index is 1610. The lowest BCUT2D eigenvalue weighted by molar-refractivity contribution is -0.150. The standard InChI is InChI=1S/C36H41N3O6/c1-3-38-30-18-25-9-5-4-8-24(25)17-26(30)21-44-34(43)36-33(42)29-11-7-6-10-28(29)32(41)35(36,45-36)19-27(20-40)22(2)12-13-23-14-15-39-31(37)16-23/h5-7,9-11,14-16,18,24,26,30,38,40H,3-4,8,12-13,17,19-21H2,1-2H3,(H2,37,39). The van der Waals surface area contributed by atoms with E-state index in [1.54, 1.807) is 36.5 Å². The first-order valence-corrected chi connectivity index (χ1v) is 15.9. The zero-order valence-electron chi connectivity index (χ0n) is 25.9. The Morgan fingerprint density at radius 1 is 1.20 bits per heavy atom. The van der Waals surface area contributed by atoms with Gasteiger partial charge in [-0.2, -0.15) is 0 Å². The lowest BCUT2D eigenvalue weighted by Gasteiger charge is -2.36. The molecule has 6 rings (SSSR count). The zero-order valence-corrected chi connectivity index (χ0v) is 25.9. The summed E-state index contributed by atoms with van der Waals surface area (Å²) in [4.78, 5) is 46.2. The highest BCUT2D eigenvalue weighted by atomic mass is 16.7. The van der Waals surface area contributed by atoms with Crippen molar-refractivity contribution in [3.63, 3.8) is 0 Å². The number of nitrogens with two attached hydrogens (primary N) is 1. The highest BCUT2D eigenvalue weighted by Gasteiger charge is 2.85. The molecule has 2 aromatic rings. The molecular formula is C36H41N3O6. The maximum absolute atomic E-state index is 14.1. The number of nitrogens with zero attached hydrogens (tertiary/aromatic N) is 1. The van der Waals surface area contributed by atoms with Gasteiger partial charge in [0.05, 0.1) is 13.2 Å². The van der Waals surface area contributed by atoms with E-state index in [4.69, 9.17) is 15.2 Å². The van der Waals surface area contributed by atoms with Gasteiger partial charge in [0.15, 0.2) is 11.4 Å². The molecule has 5 unspecified atom stereocenters. The highest BCUT2D eigenvalue weighted by Crippen LogP contribution is 2.59. The number of allylic oxidation sites excluding steroid dienone is 4. The van der Waals surface area contributed by atoms with Gasteiger partial charge < -0.3 is 25.6 Å². The fraction of sp³-hybridized carbons (Fsp3) is 0.444. The van der Waals surface area contributed by atoms with Crippen LogP contribution in [0.5, 0.6) is 0 Å². The van der Waals surface area contributed by atoms with Crippen molar-refractivity contribution >= 4 is 23.4 Å². The number of aromatic nitrogens is 1. The first-order chi connectivity index (χ1) is 21.7. The van der Waals surface area contributed by atoms with Crippen LogP contribution in [0, 0.1) is 11.8 Å². The fourth-order valence-corrected chi connectivity index (χ4v) is 7.34. The lowest BCUT2D eigenvalue weighted by Crippen LogP contribution is -2.51. The number of hydrogen-bond acceptors (Lipinski definition) is 9. The normalized spacial score (nSPS) is 28.8. The minimum atomic E-state index is -2.09. The molecule has 0 bridgehead atoms. The molecule has 3 aliphatic carbocycles. The molecule has 236 valence electrons. The van der Waals surface area contributed by atoms with E-state index in [1.807, 2.05) is 19.9 Å². The van der Waals surface area contributed by atoms with Crippen LogP contribution in [0.2, 0.25) is 0 Å². The lowest BCUT2D eigenvalue weighted by atomic mass is 9.71. The second-order valence-electron chi connectivity index (χ2n) is 12.6. The van der Waals surface area contributed by atoms with Crippen molar-refractivity contribution in [3.05, 3.63) is 94.2 Å². The molecule has 45 heavy (non-hydrogen) atoms. The monoisotopic (exact) mass is 611 g/mol. The number of anilines is 1. The van der Waals surface area contributed by atoms with Crippen LogP contribution in [-0.2, 0) is 20.7 Å². The summed E-state index contributed by atoms with van der Waals surface area (Å²) in [6.45, 7) is 4.43. The molecule has 0 spiro atoms. The zero-order chi connectivity index (χ0) is 31.8. The topological polar surface area (TPSA) is 144 Å². The number of ketones is 2. The van der Waals surface area contributed by atoms with Crippen molar-refractivity contribution < 1.29 is 29.0 Å². The number of carbonyl (C=O) groups excluding carboxylic acids is 3. The molecule has 4 N–H and O–H groups in total. The number of likely N-dealkylation sites (N-methyl/N-ethyl adjacent to an activating group) is 1. The average molecular weight is 612 g/mol. The van der Waals surface area contributed by atoms with Gasteiger partial charge in [-0.3, -0.25) is 9.59 Å². The number of pyridine rings is 1. The van der Waals surface area contributed by atoms with Crippen LogP contribution in [0.3, 0.4) is 0 Å². The molecule has 2 heterocycles. The van der Waals surface area contributed by atoms with Gasteiger partial charge in [0.1, 0.15) is 5.82 Å². The number of aliphatic hydroxyl groups excluding tert-OH is 1. The average Bonchev–Trinajstić information content (AvgIpc) is 3.75. The largest absolute Gasteiger partial charge is 0.463 e. The van der Waals surface area contributed by atoms with E-state index in [1.165, 1.54) is 5.57 Å². The Morgan fingerprint density at radius 3 is 2.71 bits per heavy atom. The molecule has 9 heteroatoms. The van der Waals surface area contributed by atoms with Crippen LogP contribution in [-0.4, -0.2) is 64.6 Å². The summed E-state index contributed by atoms with van der Waals surface area (Å²) in [6.07, 6.45) is 12.3. The third-order valence-electron chi connectivity index (χ3n) is 9.93. The highest BCUT2D eigenvalue weighted by molar-refractivity contribution is 6.32. The maximum atomic E-state index is 14.1. The number of fused-ring (bicyclic) bond motifs is 3. The predicted octanol–water partition coefficient (Wildman–Crippen LogP) is 4.32. The third-order valence-corrected chi connectivity index (χ3v) is 9.93. The van der Waals surface area contributed by atoms with Gasteiger partial charge >= 0.3 is 5.97 Å². The number of Topliss-reactive ketones (excluding diaryl/α,β-unsaturated/α-hetero) is 2. The molecule has 1 saturated heterocycles. The quantitative estimate of drug-likeness (QED) is 0.146. The predicted molar refractivity (Wildman–Crippen MR) is 170 cm³/mol. The smallest absolute Gasteiger partial charge is 0.350 e. The number of carbonyl (C=O) groups is 3. The molecule has 1 fully saturated rings. The number of ether oxygens (including phenoxy) is 2. The molecular weight excluding hydrogens is 570 g/mol. The van der Waals surface area contributed by atoms with E-state index < -0.39 is 28.7 Å². The summed E-state index contributed by atoms with van der Waals surface area (Å²) >= 11 is 0. The molecule has 0 amide bonds. The second-order valence-corrected chi connectivity index (χ2v) is 12.6. The molecule has 1 aromatic heterocycles. The van der Waals surface area contributed by atoms with Crippen LogP contribution in [0.4, 0.5) is 5.82 Å². The van der Waals surface area contributed by atoms with Gasteiger partial charge in [0.25, 0.3) is 5.60 Å². The summed E-state index contributed by atoms with van der Waals surface area (Å²) in [5.74, 6) is -1.02. The Morgan fingerprint density at radius 2 is 1.98 bits per heavy atom. The minimum Gasteiger partial charge on any atom is -0.463 e. The summed E-state index contributed by atoms with van der Waals surface area (Å²) in [5.41, 5.74) is 6.03. The number of esters is 1. The van der Waals surface area contributed by atoms with Gasteiger partial charge in [-0.25, -0.2) is 9.78 Å². The van der Waals surface area contributed by atoms with Crippen molar-refractivity contribution in [2.75, 3.05) is 25.5 Å². The number of aryl methyl sites for hydroxylation is 1. The number of nitrogens with one attached hydrogen (secondary N) is 1. The van der Waals surface area contributed by atoms with E-state index >= 15 is 0 Å². The number of rotatable bonds is 11. The Balaban J connectivity index is 1.27. The summed E-state index contributed by atoms with van der Waals surface area (Å²) in [7, 11) is 0. The minimum absolute atomic E-state index is 0.0118. The number of nitrogen functional groups attached to an aromatic ring is 1. The van der Waals surface area contributed by atoms with E-state index in [9.17, 15) is 19.5 Å². The van der Waals surface area contributed by atoms with Gasteiger partial charge in [0.2, 0.25) is 5.78 Å². The fourth-order valence-electron chi connectivity index (χ4n) is 7.34. The summed E-state index contributed by atoms with van der Waals surface area (Å²) in [5, 5.41) is 13.9. The van der Waals surface area contributed by atoms with Crippen LogP contribution in [0.15, 0.2) is 77.5 Å². The van der Waals surface area contributed by atoms with Gasteiger partial charge in [-0.1, -0.05) is 55.0 Å². The van der Waals surface area contributed by atoms with Crippen LogP contribution < -0.4 is 11.1 Å². The molecule has 5 atom stereocenters. The first kappa shape index (κ1) is 31.1. The van der Waals surface area contributed by atoms with Crippen molar-refractivity contribution in [2.24, 2.45) is 11.8 Å². The summed E-state index contributed by atoms with van der Waals surface area (Å²) < 4.78 is 12.1. The van der Waals surface area contributed by atoms with E-state index in [-0.39, 0.29) is 42.7 Å². The van der Waals surface area contributed by atoms with Gasteiger partial charge in [0, 0.05) is 35.7 Å². The molecule has 0 radical (unpaired) electrons.